The predicted octanol–water partition coefficient (Wildman–Crippen LogP) is -3.20. The molecule has 3 rings (SSSR count). The van der Waals surface area contributed by atoms with E-state index in [4.69, 9.17) is 36.1 Å². The van der Waals surface area contributed by atoms with Crippen molar-refractivity contribution in [3.8, 4) is 0 Å². The van der Waals surface area contributed by atoms with Gasteiger partial charge < -0.3 is 62.1 Å². The summed E-state index contributed by atoms with van der Waals surface area (Å²) in [6.45, 7) is 4.30. The summed E-state index contributed by atoms with van der Waals surface area (Å²) in [6, 6.07) is -1.95. The van der Waals surface area contributed by atoms with E-state index in [1.165, 1.54) is 0 Å². The smallest absolute Gasteiger partial charge is 0.215 e. The molecular weight excluding hydrogens is 434 g/mol. The quantitative estimate of drug-likeness (QED) is 0.175. The maximum absolute atomic E-state index is 11.3. The van der Waals surface area contributed by atoms with Crippen molar-refractivity contribution in [3.63, 3.8) is 0 Å². The Labute approximate surface area is 194 Å². The van der Waals surface area contributed by atoms with Gasteiger partial charge in [0.1, 0.15) is 35.8 Å². The monoisotopic (exact) mass is 475 g/mol. The fourth-order valence-electron chi connectivity index (χ4n) is 4.86. The third-order valence-corrected chi connectivity index (χ3v) is 6.64. The van der Waals surface area contributed by atoms with E-state index in [0.717, 1.165) is 0 Å². The number of nitrogens with two attached hydrogens (primary N) is 3. The summed E-state index contributed by atoms with van der Waals surface area (Å²) < 4.78 is 23.6. The average Bonchev–Trinajstić information content (AvgIpc) is 2.76. The predicted molar refractivity (Wildman–Crippen MR) is 120 cm³/mol. The number of rotatable bonds is 8. The summed E-state index contributed by atoms with van der Waals surface area (Å²) in [5.74, 6) is 0.572. The Kier molecular flexibility index (Phi) is 9.08. The van der Waals surface area contributed by atoms with Gasteiger partial charge in [-0.25, -0.2) is 0 Å². The van der Waals surface area contributed by atoms with Crippen molar-refractivity contribution in [2.45, 2.75) is 93.5 Å². The lowest BCUT2D eigenvalue weighted by molar-refractivity contribution is -0.304. The molecule has 0 amide bonds. The maximum Gasteiger partial charge on any atom is 0.215 e. The van der Waals surface area contributed by atoms with Gasteiger partial charge in [-0.1, -0.05) is 6.92 Å². The van der Waals surface area contributed by atoms with Gasteiger partial charge in [0.05, 0.1) is 25.2 Å². The Morgan fingerprint density at radius 1 is 1.15 bits per heavy atom. The number of likely N-dealkylation sites (N-methyl/N-ethyl adjacent to an activating group) is 2. The van der Waals surface area contributed by atoms with Crippen LogP contribution in [0, 0.1) is 0 Å². The SMILES string of the molecule is CCN[C@@H]1C[C@H](N)[C@@H](O[C@H]2OC(CN)=CC[C@H]2N)[C@@H](O)[C@H]1O[C@H]1OC[C@](C)(O)[C@H](NC)[C@H]1O. The zero-order valence-corrected chi connectivity index (χ0v) is 19.6. The molecule has 1 saturated heterocycles. The van der Waals surface area contributed by atoms with Gasteiger partial charge in [0.15, 0.2) is 6.29 Å². The van der Waals surface area contributed by atoms with Gasteiger partial charge in [0, 0.05) is 12.1 Å². The standard InChI is InChI=1S/C21H41N5O7/c1-4-26-13-7-12(24)16(32-19-11(23)6-5-10(8-22)31-19)14(27)17(13)33-20-15(28)18(25-3)21(2,29)9-30-20/h5,11-20,25-29H,4,6-9,22-24H2,1-3H3/t11-,12+,13-,14-,15-,16-,17+,18-,19-,20-,21+/m1/s1. The molecule has 0 unspecified atom stereocenters. The largest absolute Gasteiger partial charge is 0.467 e. The molecule has 0 spiro atoms. The van der Waals surface area contributed by atoms with Crippen molar-refractivity contribution in [1.29, 1.82) is 0 Å². The summed E-state index contributed by atoms with van der Waals surface area (Å²) in [4.78, 5) is 0. The summed E-state index contributed by atoms with van der Waals surface area (Å²) in [5.41, 5.74) is 16.9. The van der Waals surface area contributed by atoms with E-state index in [9.17, 15) is 15.3 Å². The van der Waals surface area contributed by atoms with Crippen LogP contribution in [0.5, 0.6) is 0 Å². The molecule has 12 heteroatoms. The highest BCUT2D eigenvalue weighted by molar-refractivity contribution is 5.05. The van der Waals surface area contributed by atoms with Crippen LogP contribution < -0.4 is 27.8 Å². The molecule has 1 saturated carbocycles. The van der Waals surface area contributed by atoms with Crippen molar-refractivity contribution in [3.05, 3.63) is 11.8 Å². The molecule has 2 fully saturated rings. The number of aliphatic hydroxyl groups is 3. The molecule has 192 valence electrons. The molecule has 3 aliphatic rings. The fraction of sp³-hybridized carbons (Fsp3) is 0.905. The van der Waals surface area contributed by atoms with E-state index in [1.54, 1.807) is 14.0 Å². The van der Waals surface area contributed by atoms with Crippen LogP contribution in [0.1, 0.15) is 26.7 Å². The molecule has 12 nitrogen and oxygen atoms in total. The molecule has 33 heavy (non-hydrogen) atoms. The Morgan fingerprint density at radius 3 is 2.48 bits per heavy atom. The van der Waals surface area contributed by atoms with Crippen molar-refractivity contribution in [1.82, 2.24) is 10.6 Å². The Morgan fingerprint density at radius 2 is 1.85 bits per heavy atom. The topological polar surface area (TPSA) is 200 Å². The lowest BCUT2D eigenvalue weighted by Gasteiger charge is -2.49. The number of hydrogen-bond acceptors (Lipinski definition) is 12. The van der Waals surface area contributed by atoms with Gasteiger partial charge in [-0.15, -0.1) is 0 Å². The molecular formula is C21H41N5O7. The molecule has 0 radical (unpaired) electrons. The first-order valence-electron chi connectivity index (χ1n) is 11.6. The lowest BCUT2D eigenvalue weighted by Crippen LogP contribution is -2.69. The van der Waals surface area contributed by atoms with Crippen LogP contribution in [-0.4, -0.2) is 109 Å². The number of ether oxygens (including phenoxy) is 4. The fourth-order valence-corrected chi connectivity index (χ4v) is 4.86. The second-order valence-electron chi connectivity index (χ2n) is 9.31. The van der Waals surface area contributed by atoms with Crippen LogP contribution in [0.2, 0.25) is 0 Å². The lowest BCUT2D eigenvalue weighted by atomic mass is 9.83. The third-order valence-electron chi connectivity index (χ3n) is 6.64. The second-order valence-corrected chi connectivity index (χ2v) is 9.31. The van der Waals surface area contributed by atoms with Gasteiger partial charge in [-0.05, 0) is 39.4 Å². The number of hydrogen-bond donors (Lipinski definition) is 8. The molecule has 11 atom stereocenters. The minimum atomic E-state index is -1.28. The Balaban J connectivity index is 1.75. The minimum Gasteiger partial charge on any atom is -0.467 e. The highest BCUT2D eigenvalue weighted by atomic mass is 16.7. The normalized spacial score (nSPS) is 46.5. The van der Waals surface area contributed by atoms with Crippen LogP contribution >= 0.6 is 0 Å². The zero-order chi connectivity index (χ0) is 24.3. The van der Waals surface area contributed by atoms with Gasteiger partial charge in [0.25, 0.3) is 0 Å². The van der Waals surface area contributed by atoms with Gasteiger partial charge in [-0.2, -0.15) is 0 Å². The highest BCUT2D eigenvalue weighted by Crippen LogP contribution is 2.31. The van der Waals surface area contributed by atoms with E-state index in [1.807, 2.05) is 13.0 Å². The van der Waals surface area contributed by atoms with E-state index in [2.05, 4.69) is 10.6 Å². The minimum absolute atomic E-state index is 0.0483. The molecule has 1 aliphatic carbocycles. The van der Waals surface area contributed by atoms with Crippen molar-refractivity contribution in [2.24, 2.45) is 17.2 Å². The van der Waals surface area contributed by atoms with Gasteiger partial charge in [-0.3, -0.25) is 0 Å². The van der Waals surface area contributed by atoms with E-state index < -0.39 is 60.7 Å². The van der Waals surface area contributed by atoms with Crippen LogP contribution in [0.15, 0.2) is 11.8 Å². The molecule has 2 heterocycles. The second kappa shape index (κ2) is 11.2. The van der Waals surface area contributed by atoms with Crippen LogP contribution in [0.4, 0.5) is 0 Å². The summed E-state index contributed by atoms with van der Waals surface area (Å²) in [5, 5.41) is 38.8. The molecule has 0 aromatic carbocycles. The number of nitrogens with one attached hydrogen (secondary N) is 2. The van der Waals surface area contributed by atoms with Crippen molar-refractivity contribution >= 4 is 0 Å². The molecule has 2 aliphatic heterocycles. The number of aliphatic hydroxyl groups excluding tert-OH is 2. The first kappa shape index (κ1) is 26.7. The van der Waals surface area contributed by atoms with Crippen molar-refractivity contribution < 1.29 is 34.3 Å². The summed E-state index contributed by atoms with van der Waals surface area (Å²) in [7, 11) is 1.64. The van der Waals surface area contributed by atoms with Gasteiger partial charge >= 0.3 is 0 Å². The van der Waals surface area contributed by atoms with Crippen LogP contribution in [-0.2, 0) is 18.9 Å². The summed E-state index contributed by atoms with van der Waals surface area (Å²) >= 11 is 0. The zero-order valence-electron chi connectivity index (χ0n) is 19.6. The molecule has 0 aromatic heterocycles. The third kappa shape index (κ3) is 5.85. The highest BCUT2D eigenvalue weighted by Gasteiger charge is 2.51. The van der Waals surface area contributed by atoms with E-state index >= 15 is 0 Å². The van der Waals surface area contributed by atoms with Crippen LogP contribution in [0.3, 0.4) is 0 Å². The average molecular weight is 476 g/mol. The Hall–Kier alpha value is -0.900. The molecule has 11 N–H and O–H groups in total. The van der Waals surface area contributed by atoms with Crippen molar-refractivity contribution in [2.75, 3.05) is 26.7 Å². The first-order valence-corrected chi connectivity index (χ1v) is 11.6. The maximum atomic E-state index is 11.3. The van der Waals surface area contributed by atoms with Gasteiger partial charge in [0.2, 0.25) is 6.29 Å². The van der Waals surface area contributed by atoms with E-state index in [0.29, 0.717) is 25.1 Å². The van der Waals surface area contributed by atoms with Crippen LogP contribution in [0.25, 0.3) is 0 Å². The van der Waals surface area contributed by atoms with E-state index in [-0.39, 0.29) is 19.2 Å². The first-order chi connectivity index (χ1) is 15.6. The summed E-state index contributed by atoms with van der Waals surface area (Å²) in [6.07, 6.45) is -3.05. The molecule has 0 bridgehead atoms. The Bertz CT molecular complexity index is 669. The molecule has 0 aromatic rings.